The van der Waals surface area contributed by atoms with E-state index in [1.807, 2.05) is 60.7 Å². The number of carbonyl (C=O) groups excluding carboxylic acids is 3. The van der Waals surface area contributed by atoms with Crippen molar-refractivity contribution >= 4 is 123 Å². The number of nitrogens with one attached hydrogen (secondary N) is 7. The molecule has 0 spiro atoms. The third-order valence-electron chi connectivity index (χ3n) is 14.7. The van der Waals surface area contributed by atoms with Crippen molar-refractivity contribution in [2.75, 3.05) is 7.05 Å². The van der Waals surface area contributed by atoms with Crippen LogP contribution in [-0.4, -0.2) is 94.3 Å². The van der Waals surface area contributed by atoms with Gasteiger partial charge < -0.3 is 46.2 Å². The van der Waals surface area contributed by atoms with Gasteiger partial charge in [-0.05, 0) is 106 Å². The third kappa shape index (κ3) is 15.9. The first-order valence-corrected chi connectivity index (χ1v) is 30.8. The first-order chi connectivity index (χ1) is 41.8. The Morgan fingerprint density at radius 1 is 0.494 bits per heavy atom. The minimum absolute atomic E-state index is 0.0122. The number of carbonyl (C=O) groups is 5. The fourth-order valence-corrected chi connectivity index (χ4v) is 14.1. The molecule has 3 heterocycles. The molecular weight excluding hydrogens is 1200 g/mol. The summed E-state index contributed by atoms with van der Waals surface area (Å²) in [6.45, 7) is 0. The second kappa shape index (κ2) is 28.4. The van der Waals surface area contributed by atoms with Gasteiger partial charge in [-0.1, -0.05) is 89.9 Å². The number of nitro groups is 3. The zero-order valence-corrected chi connectivity index (χ0v) is 49.8. The van der Waals surface area contributed by atoms with Crippen LogP contribution in [0.3, 0.4) is 0 Å². The van der Waals surface area contributed by atoms with E-state index in [9.17, 15) is 64.5 Å². The number of non-ortho nitro benzene ring substituents is 3. The summed E-state index contributed by atoms with van der Waals surface area (Å²) in [5, 5.41) is 71.1. The van der Waals surface area contributed by atoms with Gasteiger partial charge in [0.05, 0.1) is 29.8 Å². The molecule has 3 aromatic heterocycles. The number of aromatic amines is 3. The van der Waals surface area contributed by atoms with Crippen LogP contribution in [0.5, 0.6) is 0 Å². The number of nitro benzene ring substituents is 3. The number of nitrogens with zero attached hydrogens (tertiary/aromatic N) is 3. The molecule has 0 aliphatic carbocycles. The molecule has 23 nitrogen and oxygen atoms in total. The van der Waals surface area contributed by atoms with E-state index in [-0.39, 0.29) is 83.1 Å². The van der Waals surface area contributed by atoms with E-state index in [0.717, 1.165) is 26.4 Å². The standard InChI is InChI=1S/C60H57N10O13PS3/c1-61-60(31-28-54(73)67-84-34-46-43-10-4-7-13-49(43)66-57(46)87-40-24-18-37(19-25-40)70(82)83,29-26-52(71)62-50(58(74)75)32-44-41-8-2-5-11-47(41)64-55(44)85-38-20-14-35(15-21-38)68(78)79)30-27-53(72)63-51(59(76)77)33-45-42-9-3-6-12-48(42)65-56(45)86-39-22-16-36(17-23-39)69(80)81/h2-25,50-51,61,64-66,84H,26-34H2,1H3,(H,62,71)(H,63,72)(H,67,73)(H,74,75)(H,76,77)/t50-,51-/m0/s1. The molecule has 9 N–H and O–H groups in total. The molecule has 9 aromatic rings. The fraction of sp³-hybridized carbons (Fsp3) is 0.217. The van der Waals surface area contributed by atoms with Gasteiger partial charge in [0.25, 0.3) is 17.1 Å². The quantitative estimate of drug-likeness (QED) is 0.0115. The van der Waals surface area contributed by atoms with Crippen molar-refractivity contribution in [1.82, 2.24) is 36.0 Å². The number of hydrogen-bond donors (Lipinski definition) is 9. The van der Waals surface area contributed by atoms with Gasteiger partial charge in [-0.2, -0.15) is 0 Å². The highest BCUT2D eigenvalue weighted by molar-refractivity contribution is 7.99. The fourth-order valence-electron chi connectivity index (χ4n) is 10.1. The van der Waals surface area contributed by atoms with Crippen molar-refractivity contribution in [3.8, 4) is 0 Å². The molecule has 1 unspecified atom stereocenters. The van der Waals surface area contributed by atoms with E-state index in [1.165, 1.54) is 71.7 Å². The highest BCUT2D eigenvalue weighted by Crippen LogP contribution is 2.40. The van der Waals surface area contributed by atoms with Crippen LogP contribution in [0, 0.1) is 30.3 Å². The van der Waals surface area contributed by atoms with Crippen LogP contribution in [0.15, 0.2) is 175 Å². The SMILES string of the molecule is CNC(CCC(=O)NPCc1c(Sc2ccc([N+](=O)[O-])cc2)[nH]c2ccccc12)(CCC(=O)N[C@@H](Cc1c(Sc2ccc([N+](=O)[O-])cc2)[nH]c2ccccc12)C(=O)O)CCC(=O)N[C@@H](Cc1c(Sc2ccc([N+](=O)[O-])cc2)[nH]c2ccccc12)C(=O)O. The molecule has 6 aromatic carbocycles. The summed E-state index contributed by atoms with van der Waals surface area (Å²) in [5.41, 5.74) is 3.06. The minimum Gasteiger partial charge on any atom is -0.480 e. The number of benzene rings is 6. The Balaban J connectivity index is 0.905. The first-order valence-electron chi connectivity index (χ1n) is 27.2. The third-order valence-corrected chi connectivity index (χ3v) is 18.9. The number of hydrogen-bond acceptors (Lipinski definition) is 15. The number of para-hydroxylation sites is 3. The molecule has 0 radical (unpaired) electrons. The number of fused-ring (bicyclic) bond motifs is 3. The van der Waals surface area contributed by atoms with Crippen LogP contribution in [-0.2, 0) is 43.0 Å². The molecule has 3 atom stereocenters. The van der Waals surface area contributed by atoms with E-state index in [4.69, 9.17) is 0 Å². The van der Waals surface area contributed by atoms with Crippen LogP contribution < -0.4 is 21.0 Å². The number of carboxylic acid groups (broad SMARTS) is 2. The Morgan fingerprint density at radius 2 is 0.816 bits per heavy atom. The van der Waals surface area contributed by atoms with Crippen molar-refractivity contribution < 1.29 is 49.0 Å². The topological polar surface area (TPSA) is 351 Å². The summed E-state index contributed by atoms with van der Waals surface area (Å²) in [5.74, 6) is -4.21. The Morgan fingerprint density at radius 3 is 1.15 bits per heavy atom. The molecular formula is C60H57N10O13PS3. The van der Waals surface area contributed by atoms with Gasteiger partial charge >= 0.3 is 11.9 Å². The van der Waals surface area contributed by atoms with Crippen molar-refractivity contribution in [3.05, 3.63) is 193 Å². The largest absolute Gasteiger partial charge is 0.480 e. The van der Waals surface area contributed by atoms with Crippen LogP contribution in [0.2, 0.25) is 0 Å². The average Bonchev–Trinajstić information content (AvgIpc) is 3.46. The molecule has 9 rings (SSSR count). The predicted octanol–water partition coefficient (Wildman–Crippen LogP) is 11.4. The maximum absolute atomic E-state index is 14.1. The zero-order valence-electron chi connectivity index (χ0n) is 46.3. The molecule has 0 aliphatic heterocycles. The molecule has 0 aliphatic rings. The van der Waals surface area contributed by atoms with Gasteiger partial charge in [-0.15, -0.1) is 0 Å². The minimum atomic E-state index is -1.42. The maximum atomic E-state index is 14.1. The highest BCUT2D eigenvalue weighted by Gasteiger charge is 2.33. The lowest BCUT2D eigenvalue weighted by Gasteiger charge is -2.34. The summed E-state index contributed by atoms with van der Waals surface area (Å²) in [4.78, 5) is 113. The van der Waals surface area contributed by atoms with E-state index in [2.05, 4.69) is 36.0 Å². The molecule has 448 valence electrons. The summed E-state index contributed by atoms with van der Waals surface area (Å²) in [6, 6.07) is 37.4. The Labute approximate surface area is 510 Å². The monoisotopic (exact) mass is 1250 g/mol. The first kappa shape index (κ1) is 62.5. The van der Waals surface area contributed by atoms with Crippen molar-refractivity contribution in [2.24, 2.45) is 0 Å². The molecule has 0 saturated heterocycles. The van der Waals surface area contributed by atoms with Gasteiger partial charge in [0.15, 0.2) is 0 Å². The van der Waals surface area contributed by atoms with E-state index >= 15 is 0 Å². The number of carboxylic acids is 2. The summed E-state index contributed by atoms with van der Waals surface area (Å²) >= 11 is 3.90. The highest BCUT2D eigenvalue weighted by atomic mass is 32.2. The van der Waals surface area contributed by atoms with E-state index in [1.54, 1.807) is 55.6 Å². The number of amides is 3. The lowest BCUT2D eigenvalue weighted by Crippen LogP contribution is -2.48. The van der Waals surface area contributed by atoms with Crippen molar-refractivity contribution in [1.29, 1.82) is 0 Å². The van der Waals surface area contributed by atoms with Gasteiger partial charge in [-0.3, -0.25) is 44.7 Å². The molecule has 87 heavy (non-hydrogen) atoms. The second-order valence-electron chi connectivity index (χ2n) is 20.3. The van der Waals surface area contributed by atoms with Crippen LogP contribution >= 0.6 is 44.0 Å². The van der Waals surface area contributed by atoms with Crippen molar-refractivity contribution in [2.45, 2.75) is 105 Å². The molecule has 27 heteroatoms. The smallest absolute Gasteiger partial charge is 0.326 e. The maximum Gasteiger partial charge on any atom is 0.326 e. The second-order valence-corrected chi connectivity index (χ2v) is 24.5. The predicted molar refractivity (Wildman–Crippen MR) is 333 cm³/mol. The zero-order chi connectivity index (χ0) is 61.8. The van der Waals surface area contributed by atoms with Crippen LogP contribution in [0.1, 0.15) is 55.2 Å². The van der Waals surface area contributed by atoms with Crippen LogP contribution in [0.25, 0.3) is 32.7 Å². The summed E-state index contributed by atoms with van der Waals surface area (Å²) < 4.78 is 0. The van der Waals surface area contributed by atoms with E-state index in [0.29, 0.717) is 58.9 Å². The van der Waals surface area contributed by atoms with Gasteiger partial charge in [0, 0.05) is 128 Å². The lowest BCUT2D eigenvalue weighted by molar-refractivity contribution is -0.385. The Kier molecular flexibility index (Phi) is 20.4. The molecule has 0 bridgehead atoms. The Bertz CT molecular complexity index is 3870. The Hall–Kier alpha value is -9.07. The molecule has 0 fully saturated rings. The molecule has 3 amide bonds. The van der Waals surface area contributed by atoms with Gasteiger partial charge in [0.1, 0.15) is 12.1 Å². The average molecular weight is 1250 g/mol. The normalized spacial score (nSPS) is 12.3. The van der Waals surface area contributed by atoms with Gasteiger partial charge in [-0.25, -0.2) is 9.59 Å². The summed E-state index contributed by atoms with van der Waals surface area (Å²) in [7, 11) is 1.53. The van der Waals surface area contributed by atoms with Crippen LogP contribution in [0.4, 0.5) is 17.1 Å². The summed E-state index contributed by atoms with van der Waals surface area (Å²) in [6.07, 6.45) is -0.314. The number of H-pyrrole nitrogens is 3. The number of aromatic nitrogens is 3. The molecule has 0 saturated carbocycles. The van der Waals surface area contributed by atoms with Gasteiger partial charge in [0.2, 0.25) is 17.7 Å². The number of rotatable bonds is 30. The lowest BCUT2D eigenvalue weighted by atomic mass is 9.83. The number of aliphatic carboxylic acids is 2. The van der Waals surface area contributed by atoms with E-state index < -0.39 is 56.1 Å². The van der Waals surface area contributed by atoms with Crippen molar-refractivity contribution in [3.63, 3.8) is 0 Å².